The van der Waals surface area contributed by atoms with Crippen molar-refractivity contribution < 1.29 is 26.8 Å². The number of hydrogen-bond donors (Lipinski definition) is 1. The summed E-state index contributed by atoms with van der Waals surface area (Å²) in [6, 6.07) is 5.70. The molecule has 31 heavy (non-hydrogen) atoms. The lowest BCUT2D eigenvalue weighted by molar-refractivity contribution is 0.0723. The fraction of sp³-hybridized carbons (Fsp3) is 0.350. The smallest absolute Gasteiger partial charge is 0.339 e. The van der Waals surface area contributed by atoms with E-state index in [9.17, 15) is 31.6 Å². The number of sulfone groups is 1. The van der Waals surface area contributed by atoms with Gasteiger partial charge < -0.3 is 14.8 Å². The van der Waals surface area contributed by atoms with Crippen LogP contribution in [0.4, 0.5) is 14.5 Å². The Morgan fingerprint density at radius 3 is 2.39 bits per heavy atom. The van der Waals surface area contributed by atoms with Crippen LogP contribution >= 0.6 is 0 Å². The Morgan fingerprint density at radius 2 is 1.74 bits per heavy atom. The third kappa shape index (κ3) is 4.66. The highest BCUT2D eigenvalue weighted by Gasteiger charge is 2.31. The van der Waals surface area contributed by atoms with Crippen molar-refractivity contribution in [1.82, 2.24) is 9.47 Å². The molecule has 166 valence electrons. The Balaban J connectivity index is 1.95. The Morgan fingerprint density at radius 1 is 1.10 bits per heavy atom. The first-order valence-electron chi connectivity index (χ1n) is 9.55. The number of carbonyl (C=O) groups excluding carboxylic acids is 2. The molecule has 0 saturated carbocycles. The molecule has 8 nitrogen and oxygen atoms in total. The van der Waals surface area contributed by atoms with Gasteiger partial charge in [0.05, 0.1) is 16.0 Å². The summed E-state index contributed by atoms with van der Waals surface area (Å²) in [5, 5.41) is 2.26. The van der Waals surface area contributed by atoms with Crippen LogP contribution in [-0.2, 0) is 16.9 Å². The molecule has 0 spiro atoms. The number of aryl methyl sites for hydroxylation is 1. The predicted molar refractivity (Wildman–Crippen MR) is 109 cm³/mol. The van der Waals surface area contributed by atoms with E-state index in [4.69, 9.17) is 0 Å². The zero-order chi connectivity index (χ0) is 22.8. The maximum atomic E-state index is 13.0. The number of rotatable bonds is 5. The van der Waals surface area contributed by atoms with Crippen molar-refractivity contribution in [3.63, 3.8) is 0 Å². The first-order valence-corrected chi connectivity index (χ1v) is 11.1. The van der Waals surface area contributed by atoms with Gasteiger partial charge in [-0.1, -0.05) is 12.1 Å². The number of pyridine rings is 1. The van der Waals surface area contributed by atoms with E-state index in [-0.39, 0.29) is 17.2 Å². The Labute approximate surface area is 177 Å². The lowest BCUT2D eigenvalue weighted by Gasteiger charge is -2.27. The molecule has 1 aromatic carbocycles. The van der Waals surface area contributed by atoms with Gasteiger partial charge in [-0.05, 0) is 37.5 Å². The molecule has 1 N–H and O–H groups in total. The van der Waals surface area contributed by atoms with E-state index in [1.165, 1.54) is 31.4 Å². The van der Waals surface area contributed by atoms with Crippen molar-refractivity contribution in [2.75, 3.05) is 18.4 Å². The van der Waals surface area contributed by atoms with Crippen molar-refractivity contribution in [1.29, 1.82) is 0 Å². The molecule has 1 aliphatic rings. The number of aromatic nitrogens is 1. The number of hydrogen-bond acceptors (Lipinski definition) is 5. The fourth-order valence-electron chi connectivity index (χ4n) is 3.39. The summed E-state index contributed by atoms with van der Waals surface area (Å²) in [5.74, 6) is -5.06. The second kappa shape index (κ2) is 8.96. The molecule has 0 aliphatic carbocycles. The molecule has 1 aromatic heterocycles. The summed E-state index contributed by atoms with van der Waals surface area (Å²) in [6.45, 7) is 1.17. The summed E-state index contributed by atoms with van der Waals surface area (Å²) in [4.78, 5) is 38.7. The molecule has 0 radical (unpaired) electrons. The molecule has 1 aliphatic heterocycles. The van der Waals surface area contributed by atoms with Crippen LogP contribution in [0.2, 0.25) is 0 Å². The minimum Gasteiger partial charge on any atom is -0.339 e. The Bertz CT molecular complexity index is 1170. The molecule has 2 aromatic rings. The minimum atomic E-state index is -5.04. The standard InChI is InChI=1S/C20H21F2N3O5S/c1-24-12-13(18(27)25-9-5-2-6-10-25)11-15(19(24)28)23-17(26)14-7-3-4-8-16(14)31(29,30)20(21)22/h3-4,7-8,11-12,20H,2,5-6,9-10H2,1H3,(H,23,26). The van der Waals surface area contributed by atoms with Crippen LogP contribution < -0.4 is 10.9 Å². The molecule has 1 fully saturated rings. The number of likely N-dealkylation sites (tertiary alicyclic amines) is 1. The SMILES string of the molecule is Cn1cc(C(=O)N2CCCCC2)cc(NC(=O)c2ccccc2S(=O)(=O)C(F)F)c1=O. The van der Waals surface area contributed by atoms with Crippen LogP contribution in [-0.4, -0.2) is 48.5 Å². The van der Waals surface area contributed by atoms with Crippen molar-refractivity contribution in [2.45, 2.75) is 29.9 Å². The van der Waals surface area contributed by atoms with Gasteiger partial charge in [-0.2, -0.15) is 8.78 Å². The molecular weight excluding hydrogens is 432 g/mol. The summed E-state index contributed by atoms with van der Waals surface area (Å²) in [7, 11) is -3.63. The van der Waals surface area contributed by atoms with E-state index in [2.05, 4.69) is 5.32 Å². The van der Waals surface area contributed by atoms with Crippen LogP contribution in [0, 0.1) is 0 Å². The van der Waals surface area contributed by atoms with Crippen molar-refractivity contribution in [3.8, 4) is 0 Å². The topological polar surface area (TPSA) is 106 Å². The average Bonchev–Trinajstić information content (AvgIpc) is 2.76. The summed E-state index contributed by atoms with van der Waals surface area (Å²) < 4.78 is 50.9. The lowest BCUT2D eigenvalue weighted by Crippen LogP contribution is -2.36. The number of amides is 2. The fourth-order valence-corrected chi connectivity index (χ4v) is 4.31. The Kier molecular flexibility index (Phi) is 6.54. The number of benzene rings is 1. The van der Waals surface area contributed by atoms with Gasteiger partial charge in [0.1, 0.15) is 5.69 Å². The van der Waals surface area contributed by atoms with Crippen molar-refractivity contribution >= 4 is 27.3 Å². The third-order valence-electron chi connectivity index (χ3n) is 4.99. The van der Waals surface area contributed by atoms with E-state index in [1.807, 2.05) is 0 Å². The van der Waals surface area contributed by atoms with Gasteiger partial charge in [-0.15, -0.1) is 0 Å². The van der Waals surface area contributed by atoms with Gasteiger partial charge in [0.15, 0.2) is 0 Å². The molecule has 2 heterocycles. The maximum absolute atomic E-state index is 13.0. The van der Waals surface area contributed by atoms with E-state index >= 15 is 0 Å². The lowest BCUT2D eigenvalue weighted by atomic mass is 10.1. The second-order valence-corrected chi connectivity index (χ2v) is 9.05. The minimum absolute atomic E-state index is 0.174. The number of nitrogens with one attached hydrogen (secondary N) is 1. The van der Waals surface area contributed by atoms with E-state index in [1.54, 1.807) is 4.90 Å². The highest BCUT2D eigenvalue weighted by Crippen LogP contribution is 2.23. The molecule has 0 bridgehead atoms. The molecule has 11 heteroatoms. The zero-order valence-corrected chi connectivity index (χ0v) is 17.5. The number of nitrogens with zero attached hydrogens (tertiary/aromatic N) is 2. The van der Waals surface area contributed by atoms with Crippen LogP contribution in [0.1, 0.15) is 40.0 Å². The van der Waals surface area contributed by atoms with Crippen LogP contribution in [0.3, 0.4) is 0 Å². The van der Waals surface area contributed by atoms with Gasteiger partial charge in [-0.25, -0.2) is 8.42 Å². The molecule has 2 amide bonds. The number of alkyl halides is 2. The first kappa shape index (κ1) is 22.6. The number of carbonyl (C=O) groups is 2. The van der Waals surface area contributed by atoms with E-state index in [0.717, 1.165) is 36.0 Å². The summed E-state index contributed by atoms with van der Waals surface area (Å²) >= 11 is 0. The normalized spacial score (nSPS) is 14.5. The van der Waals surface area contributed by atoms with Gasteiger partial charge >= 0.3 is 5.76 Å². The van der Waals surface area contributed by atoms with Gasteiger partial charge in [0, 0.05) is 26.3 Å². The second-order valence-electron chi connectivity index (χ2n) is 7.17. The quantitative estimate of drug-likeness (QED) is 0.748. The maximum Gasteiger partial charge on any atom is 0.341 e. The first-order chi connectivity index (χ1) is 14.6. The van der Waals surface area contributed by atoms with Crippen molar-refractivity contribution in [2.24, 2.45) is 7.05 Å². The molecule has 0 unspecified atom stereocenters. The highest BCUT2D eigenvalue weighted by atomic mass is 32.2. The molecule has 3 rings (SSSR count). The van der Waals surface area contributed by atoms with Crippen LogP contribution in [0.15, 0.2) is 46.2 Å². The summed E-state index contributed by atoms with van der Waals surface area (Å²) in [6.07, 6.45) is 4.12. The van der Waals surface area contributed by atoms with Crippen molar-refractivity contribution in [3.05, 3.63) is 58.0 Å². The van der Waals surface area contributed by atoms with E-state index < -0.39 is 37.5 Å². The zero-order valence-electron chi connectivity index (χ0n) is 16.7. The van der Waals surface area contributed by atoms with Crippen LogP contribution in [0.5, 0.6) is 0 Å². The number of halogens is 2. The largest absolute Gasteiger partial charge is 0.341 e. The Hall–Kier alpha value is -3.08. The molecule has 0 atom stereocenters. The monoisotopic (exact) mass is 453 g/mol. The van der Waals surface area contributed by atoms with Gasteiger partial charge in [0.2, 0.25) is 9.84 Å². The van der Waals surface area contributed by atoms with E-state index in [0.29, 0.717) is 13.1 Å². The summed E-state index contributed by atoms with van der Waals surface area (Å²) in [5.41, 5.74) is -1.26. The average molecular weight is 453 g/mol. The van der Waals surface area contributed by atoms with Gasteiger partial charge in [0.25, 0.3) is 17.4 Å². The van der Waals surface area contributed by atoms with Gasteiger partial charge in [-0.3, -0.25) is 14.4 Å². The predicted octanol–water partition coefficient (Wildman–Crippen LogP) is 2.26. The molecule has 1 saturated heterocycles. The van der Waals surface area contributed by atoms with Crippen LogP contribution in [0.25, 0.3) is 0 Å². The third-order valence-corrected chi connectivity index (χ3v) is 6.43. The molecular formula is C20H21F2N3O5S. The highest BCUT2D eigenvalue weighted by molar-refractivity contribution is 7.91. The number of anilines is 1. The number of piperidine rings is 1.